The number of anilines is 3. The predicted molar refractivity (Wildman–Crippen MR) is 115 cm³/mol. The maximum atomic E-state index is 12.5. The third-order valence-corrected chi connectivity index (χ3v) is 5.55. The van der Waals surface area contributed by atoms with Crippen LogP contribution < -0.4 is 19.5 Å². The lowest BCUT2D eigenvalue weighted by Crippen LogP contribution is -2.19. The second-order valence-corrected chi connectivity index (χ2v) is 8.17. The summed E-state index contributed by atoms with van der Waals surface area (Å²) >= 11 is 0. The van der Waals surface area contributed by atoms with Gasteiger partial charge in [-0.2, -0.15) is 0 Å². The molecular weight excluding hydrogens is 408 g/mol. The van der Waals surface area contributed by atoms with E-state index in [0.29, 0.717) is 34.5 Å². The van der Waals surface area contributed by atoms with Crippen molar-refractivity contribution in [3.63, 3.8) is 0 Å². The molecule has 9 nitrogen and oxygen atoms in total. The number of hydrogen-bond donors (Lipinski definition) is 2. The molecule has 0 atom stereocenters. The summed E-state index contributed by atoms with van der Waals surface area (Å²) in [5, 5.41) is 3.09. The van der Waals surface area contributed by atoms with Crippen LogP contribution in [-0.4, -0.2) is 44.6 Å². The van der Waals surface area contributed by atoms with Crippen LogP contribution >= 0.6 is 0 Å². The summed E-state index contributed by atoms with van der Waals surface area (Å²) in [7, 11) is -0.661. The summed E-state index contributed by atoms with van der Waals surface area (Å²) in [4.78, 5) is 19.5. The number of carbonyl (C=O) groups is 1. The second-order valence-electron chi connectivity index (χ2n) is 6.33. The summed E-state index contributed by atoms with van der Waals surface area (Å²) in [5.74, 6) is 1.15. The highest BCUT2D eigenvalue weighted by Crippen LogP contribution is 2.33. The van der Waals surface area contributed by atoms with Crippen molar-refractivity contribution in [1.29, 1.82) is 0 Å². The highest BCUT2D eigenvalue weighted by Gasteiger charge is 2.18. The van der Waals surface area contributed by atoms with E-state index < -0.39 is 10.0 Å². The summed E-state index contributed by atoms with van der Waals surface area (Å²) in [6.45, 7) is 0. The Morgan fingerprint density at radius 2 is 1.70 bits per heavy atom. The Bertz CT molecular complexity index is 1150. The minimum atomic E-state index is -3.73. The van der Waals surface area contributed by atoms with Crippen molar-refractivity contribution in [3.05, 3.63) is 42.5 Å². The first kappa shape index (κ1) is 21.3. The number of sulfonamides is 1. The van der Waals surface area contributed by atoms with Gasteiger partial charge in [0.1, 0.15) is 17.8 Å². The molecule has 0 aliphatic heterocycles. The molecule has 2 N–H and O–H groups in total. The lowest BCUT2D eigenvalue weighted by Gasteiger charge is -2.16. The van der Waals surface area contributed by atoms with Gasteiger partial charge >= 0.3 is 0 Å². The number of para-hydroxylation sites is 2. The Hall–Kier alpha value is -3.40. The van der Waals surface area contributed by atoms with E-state index in [1.165, 1.54) is 7.11 Å². The highest BCUT2D eigenvalue weighted by molar-refractivity contribution is 7.92. The largest absolute Gasteiger partial charge is 0.497 e. The average molecular weight is 430 g/mol. The maximum Gasteiger partial charge on any atom is 0.233 e. The fourth-order valence-corrected chi connectivity index (χ4v) is 3.84. The summed E-state index contributed by atoms with van der Waals surface area (Å²) < 4.78 is 38.0. The van der Waals surface area contributed by atoms with Gasteiger partial charge in [-0.15, -0.1) is 0 Å². The number of methoxy groups -OCH3 is 2. The van der Waals surface area contributed by atoms with Crippen LogP contribution in [0, 0.1) is 0 Å². The van der Waals surface area contributed by atoms with Gasteiger partial charge < -0.3 is 19.6 Å². The van der Waals surface area contributed by atoms with Gasteiger partial charge in [0.05, 0.1) is 36.7 Å². The van der Waals surface area contributed by atoms with E-state index in [2.05, 4.69) is 20.0 Å². The summed E-state index contributed by atoms with van der Waals surface area (Å²) in [5.41, 5.74) is 1.65. The normalized spacial score (nSPS) is 11.1. The SMILES string of the molecule is COc1ccc(OC)c(Nc2nc3ccccc3nc2NS(=O)(=O)CCCC=O)c1. The van der Waals surface area contributed by atoms with Crippen LogP contribution in [-0.2, 0) is 14.8 Å². The number of carbonyl (C=O) groups excluding carboxylic acids is 1. The number of aldehydes is 1. The minimum absolute atomic E-state index is 0.0460. The maximum absolute atomic E-state index is 12.5. The van der Waals surface area contributed by atoms with Crippen molar-refractivity contribution in [2.45, 2.75) is 12.8 Å². The number of benzene rings is 2. The molecule has 10 heteroatoms. The molecule has 0 bridgehead atoms. The smallest absolute Gasteiger partial charge is 0.233 e. The van der Waals surface area contributed by atoms with Crippen molar-refractivity contribution in [3.8, 4) is 11.5 Å². The number of nitrogens with one attached hydrogen (secondary N) is 2. The quantitative estimate of drug-likeness (QED) is 0.372. The molecule has 1 aromatic heterocycles. The van der Waals surface area contributed by atoms with E-state index in [9.17, 15) is 13.2 Å². The highest BCUT2D eigenvalue weighted by atomic mass is 32.2. The predicted octanol–water partition coefficient (Wildman–Crippen LogP) is 3.11. The van der Waals surface area contributed by atoms with Crippen molar-refractivity contribution >= 4 is 44.7 Å². The molecule has 0 fully saturated rings. The fourth-order valence-electron chi connectivity index (χ4n) is 2.75. The van der Waals surface area contributed by atoms with Gasteiger partial charge in [-0.3, -0.25) is 4.72 Å². The molecule has 0 saturated heterocycles. The molecular formula is C20H22N4O5S. The molecule has 1 heterocycles. The Morgan fingerprint density at radius 3 is 2.33 bits per heavy atom. The first-order chi connectivity index (χ1) is 14.5. The molecule has 158 valence electrons. The van der Waals surface area contributed by atoms with Crippen LogP contribution in [0.15, 0.2) is 42.5 Å². The zero-order valence-electron chi connectivity index (χ0n) is 16.6. The van der Waals surface area contributed by atoms with Gasteiger partial charge in [-0.25, -0.2) is 18.4 Å². The first-order valence-electron chi connectivity index (χ1n) is 9.15. The number of rotatable bonds is 10. The van der Waals surface area contributed by atoms with Crippen molar-refractivity contribution < 1.29 is 22.7 Å². The van der Waals surface area contributed by atoms with Crippen LogP contribution in [0.5, 0.6) is 11.5 Å². The van der Waals surface area contributed by atoms with E-state index in [4.69, 9.17) is 9.47 Å². The number of hydrogen-bond acceptors (Lipinski definition) is 8. The Balaban J connectivity index is 2.02. The number of unbranched alkanes of at least 4 members (excludes halogenated alkanes) is 1. The van der Waals surface area contributed by atoms with E-state index in [0.717, 1.165) is 0 Å². The van der Waals surface area contributed by atoms with E-state index in [-0.39, 0.29) is 30.2 Å². The molecule has 0 saturated carbocycles. The topological polar surface area (TPSA) is 120 Å². The van der Waals surface area contributed by atoms with Gasteiger partial charge in [-0.1, -0.05) is 12.1 Å². The molecule has 3 rings (SSSR count). The van der Waals surface area contributed by atoms with Gasteiger partial charge in [0.25, 0.3) is 0 Å². The second kappa shape index (κ2) is 9.40. The zero-order valence-corrected chi connectivity index (χ0v) is 17.4. The molecule has 2 aromatic carbocycles. The van der Waals surface area contributed by atoms with Gasteiger partial charge in [0.15, 0.2) is 11.6 Å². The fraction of sp³-hybridized carbons (Fsp3) is 0.250. The molecule has 0 radical (unpaired) electrons. The number of aromatic nitrogens is 2. The zero-order chi connectivity index (χ0) is 21.6. The van der Waals surface area contributed by atoms with Crippen LogP contribution in [0.1, 0.15) is 12.8 Å². The van der Waals surface area contributed by atoms with Crippen molar-refractivity contribution in [2.75, 3.05) is 30.0 Å². The lowest BCUT2D eigenvalue weighted by molar-refractivity contribution is -0.107. The van der Waals surface area contributed by atoms with Gasteiger partial charge in [0.2, 0.25) is 10.0 Å². The third kappa shape index (κ3) is 5.15. The van der Waals surface area contributed by atoms with Crippen LogP contribution in [0.25, 0.3) is 11.0 Å². The van der Waals surface area contributed by atoms with E-state index >= 15 is 0 Å². The van der Waals surface area contributed by atoms with Crippen LogP contribution in [0.3, 0.4) is 0 Å². The molecule has 0 amide bonds. The molecule has 0 aliphatic rings. The number of ether oxygens (including phenoxy) is 2. The van der Waals surface area contributed by atoms with E-state index in [1.54, 1.807) is 43.5 Å². The lowest BCUT2D eigenvalue weighted by atomic mass is 10.2. The third-order valence-electron chi connectivity index (χ3n) is 4.22. The molecule has 0 aliphatic carbocycles. The van der Waals surface area contributed by atoms with E-state index in [1.807, 2.05) is 6.07 Å². The Labute approximate surface area is 174 Å². The Morgan fingerprint density at radius 1 is 1.00 bits per heavy atom. The molecule has 30 heavy (non-hydrogen) atoms. The monoisotopic (exact) mass is 430 g/mol. The first-order valence-corrected chi connectivity index (χ1v) is 10.8. The van der Waals surface area contributed by atoms with Crippen molar-refractivity contribution in [2.24, 2.45) is 0 Å². The molecule has 0 spiro atoms. The summed E-state index contributed by atoms with van der Waals surface area (Å²) in [6, 6.07) is 12.3. The molecule has 0 unspecified atom stereocenters. The molecule has 3 aromatic rings. The van der Waals surface area contributed by atoms with Crippen LogP contribution in [0.2, 0.25) is 0 Å². The average Bonchev–Trinajstić information content (AvgIpc) is 2.74. The summed E-state index contributed by atoms with van der Waals surface area (Å²) in [6.07, 6.45) is 1.07. The number of fused-ring (bicyclic) bond motifs is 1. The number of nitrogens with zero attached hydrogens (tertiary/aromatic N) is 2. The Kier molecular flexibility index (Phi) is 6.68. The minimum Gasteiger partial charge on any atom is -0.497 e. The van der Waals surface area contributed by atoms with Gasteiger partial charge in [0, 0.05) is 12.5 Å². The van der Waals surface area contributed by atoms with Crippen molar-refractivity contribution in [1.82, 2.24) is 9.97 Å². The standard InChI is InChI=1S/C20H22N4O5S/c1-28-14-9-10-18(29-2)17(13-14)23-19-20(24-30(26,27)12-6-5-11-25)22-16-8-4-3-7-15(16)21-19/h3-4,7-11,13H,5-6,12H2,1-2H3,(H,21,23)(H,22,24). The van der Waals surface area contributed by atoms with Crippen LogP contribution in [0.4, 0.5) is 17.3 Å². The van der Waals surface area contributed by atoms with Gasteiger partial charge in [-0.05, 0) is 30.7 Å².